The first-order valence-corrected chi connectivity index (χ1v) is 9.02. The number of rotatable bonds is 10. The molecule has 0 aliphatic carbocycles. The predicted octanol–water partition coefficient (Wildman–Crippen LogP) is 3.22. The van der Waals surface area contributed by atoms with Gasteiger partial charge in [0, 0.05) is 50.5 Å². The molecule has 0 saturated carbocycles. The first-order valence-electron chi connectivity index (χ1n) is 9.02. The summed E-state index contributed by atoms with van der Waals surface area (Å²) in [6.07, 6.45) is 6.03. The summed E-state index contributed by atoms with van der Waals surface area (Å²) in [5.74, 6) is 0.571. The average molecular weight is 348 g/mol. The highest BCUT2D eigenvalue weighted by Gasteiger charge is 2.05. The monoisotopic (exact) mass is 348 g/mol. The molecule has 0 atom stereocenters. The number of benzene rings is 1. The van der Waals surface area contributed by atoms with Gasteiger partial charge in [-0.25, -0.2) is 4.39 Å². The molecule has 0 bridgehead atoms. The van der Waals surface area contributed by atoms with Gasteiger partial charge in [-0.1, -0.05) is 13.3 Å². The Labute approximate surface area is 149 Å². The first-order chi connectivity index (χ1) is 12.2. The SMILES string of the molecule is CCCCOCCCNC(=NC)NCCc1c[nH]c2cc(F)ccc12. The Balaban J connectivity index is 1.67. The van der Waals surface area contributed by atoms with Crippen LogP contribution in [-0.4, -0.2) is 44.3 Å². The number of aromatic amines is 1. The minimum absolute atomic E-state index is 0.220. The highest BCUT2D eigenvalue weighted by molar-refractivity contribution is 5.83. The summed E-state index contributed by atoms with van der Waals surface area (Å²) in [7, 11) is 1.77. The number of unbranched alkanes of at least 4 members (excludes halogenated alkanes) is 1. The van der Waals surface area contributed by atoms with Crippen molar-refractivity contribution >= 4 is 16.9 Å². The van der Waals surface area contributed by atoms with Gasteiger partial charge < -0.3 is 20.4 Å². The molecule has 138 valence electrons. The second-order valence-electron chi connectivity index (χ2n) is 6.00. The molecular formula is C19H29FN4O. The number of hydrogen-bond acceptors (Lipinski definition) is 2. The molecule has 0 unspecified atom stereocenters. The molecule has 3 N–H and O–H groups in total. The van der Waals surface area contributed by atoms with Gasteiger partial charge in [0.2, 0.25) is 0 Å². The molecule has 25 heavy (non-hydrogen) atoms. The number of nitrogens with one attached hydrogen (secondary N) is 3. The number of aliphatic imine (C=N–C) groups is 1. The Morgan fingerprint density at radius 1 is 1.20 bits per heavy atom. The summed E-state index contributed by atoms with van der Waals surface area (Å²) in [4.78, 5) is 7.34. The fourth-order valence-corrected chi connectivity index (χ4v) is 2.63. The van der Waals surface area contributed by atoms with Crippen LogP contribution in [0.3, 0.4) is 0 Å². The van der Waals surface area contributed by atoms with Gasteiger partial charge >= 0.3 is 0 Å². The Hall–Kier alpha value is -2.08. The van der Waals surface area contributed by atoms with E-state index in [-0.39, 0.29) is 5.82 Å². The van der Waals surface area contributed by atoms with E-state index in [4.69, 9.17) is 4.74 Å². The number of fused-ring (bicyclic) bond motifs is 1. The van der Waals surface area contributed by atoms with Crippen molar-refractivity contribution in [2.75, 3.05) is 33.4 Å². The number of halogens is 1. The lowest BCUT2D eigenvalue weighted by Gasteiger charge is -2.11. The summed E-state index contributed by atoms with van der Waals surface area (Å²) in [5.41, 5.74) is 2.00. The molecule has 0 spiro atoms. The quantitative estimate of drug-likeness (QED) is 0.351. The van der Waals surface area contributed by atoms with Crippen LogP contribution in [0.25, 0.3) is 10.9 Å². The molecule has 5 nitrogen and oxygen atoms in total. The molecule has 0 fully saturated rings. The molecule has 1 aromatic carbocycles. The van der Waals surface area contributed by atoms with Gasteiger partial charge in [-0.3, -0.25) is 4.99 Å². The topological polar surface area (TPSA) is 61.4 Å². The summed E-state index contributed by atoms with van der Waals surface area (Å²) in [6.45, 7) is 5.37. The number of nitrogens with zero attached hydrogens (tertiary/aromatic N) is 1. The highest BCUT2D eigenvalue weighted by Crippen LogP contribution is 2.19. The molecule has 0 aliphatic heterocycles. The van der Waals surface area contributed by atoms with E-state index in [9.17, 15) is 4.39 Å². The normalized spacial score (nSPS) is 11.9. The molecule has 6 heteroatoms. The highest BCUT2D eigenvalue weighted by atomic mass is 19.1. The van der Waals surface area contributed by atoms with E-state index >= 15 is 0 Å². The van der Waals surface area contributed by atoms with Crippen LogP contribution in [0.1, 0.15) is 31.7 Å². The zero-order valence-electron chi connectivity index (χ0n) is 15.2. The minimum Gasteiger partial charge on any atom is -0.381 e. The summed E-state index contributed by atoms with van der Waals surface area (Å²) < 4.78 is 18.8. The fourth-order valence-electron chi connectivity index (χ4n) is 2.63. The van der Waals surface area contributed by atoms with Crippen LogP contribution >= 0.6 is 0 Å². The second-order valence-corrected chi connectivity index (χ2v) is 6.00. The molecule has 2 aromatic rings. The van der Waals surface area contributed by atoms with Crippen LogP contribution in [-0.2, 0) is 11.2 Å². The summed E-state index contributed by atoms with van der Waals surface area (Å²) >= 11 is 0. The van der Waals surface area contributed by atoms with Gasteiger partial charge in [-0.2, -0.15) is 0 Å². The van der Waals surface area contributed by atoms with Crippen molar-refractivity contribution in [3.63, 3.8) is 0 Å². The maximum absolute atomic E-state index is 13.2. The van der Waals surface area contributed by atoms with Crippen LogP contribution < -0.4 is 10.6 Å². The number of aromatic nitrogens is 1. The summed E-state index contributed by atoms with van der Waals surface area (Å²) in [6, 6.07) is 4.84. The number of hydrogen-bond donors (Lipinski definition) is 3. The molecule has 0 aliphatic rings. The lowest BCUT2D eigenvalue weighted by atomic mass is 10.1. The minimum atomic E-state index is -0.220. The van der Waals surface area contributed by atoms with Gasteiger partial charge in [0.25, 0.3) is 0 Å². The molecule has 1 aromatic heterocycles. The third-order valence-corrected chi connectivity index (χ3v) is 4.04. The standard InChI is InChI=1S/C19H29FN4O/c1-3-4-11-25-12-5-9-22-19(21-2)23-10-8-15-14-24-18-13-16(20)6-7-17(15)18/h6-7,13-14,24H,3-5,8-12H2,1-2H3,(H2,21,22,23). The van der Waals surface area contributed by atoms with Gasteiger partial charge in [-0.15, -0.1) is 0 Å². The van der Waals surface area contributed by atoms with E-state index in [0.717, 1.165) is 62.4 Å². The van der Waals surface area contributed by atoms with Crippen molar-refractivity contribution in [2.24, 2.45) is 4.99 Å². The number of ether oxygens (including phenoxy) is 1. The maximum atomic E-state index is 13.2. The zero-order chi connectivity index (χ0) is 17.9. The second kappa shape index (κ2) is 10.7. The van der Waals surface area contributed by atoms with E-state index < -0.39 is 0 Å². The Bertz CT molecular complexity index is 668. The van der Waals surface area contributed by atoms with Crippen LogP contribution in [0.15, 0.2) is 29.4 Å². The molecule has 1 heterocycles. The fraction of sp³-hybridized carbons (Fsp3) is 0.526. The van der Waals surface area contributed by atoms with Crippen LogP contribution in [0, 0.1) is 5.82 Å². The van der Waals surface area contributed by atoms with E-state index in [1.807, 2.05) is 12.3 Å². The Morgan fingerprint density at radius 2 is 2.00 bits per heavy atom. The van der Waals surface area contributed by atoms with Crippen molar-refractivity contribution < 1.29 is 9.13 Å². The van der Waals surface area contributed by atoms with Gasteiger partial charge in [0.1, 0.15) is 5.82 Å². The molecule has 2 rings (SSSR count). The van der Waals surface area contributed by atoms with Gasteiger partial charge in [0.15, 0.2) is 5.96 Å². The lowest BCUT2D eigenvalue weighted by Crippen LogP contribution is -2.39. The number of H-pyrrole nitrogens is 1. The van der Waals surface area contributed by atoms with Crippen molar-refractivity contribution in [3.05, 3.63) is 35.8 Å². The maximum Gasteiger partial charge on any atom is 0.190 e. The van der Waals surface area contributed by atoms with Crippen molar-refractivity contribution in [1.29, 1.82) is 0 Å². The molecule has 0 radical (unpaired) electrons. The van der Waals surface area contributed by atoms with Crippen molar-refractivity contribution in [3.8, 4) is 0 Å². The van der Waals surface area contributed by atoms with E-state index in [1.165, 1.54) is 24.1 Å². The largest absolute Gasteiger partial charge is 0.381 e. The lowest BCUT2D eigenvalue weighted by molar-refractivity contribution is 0.129. The van der Waals surface area contributed by atoms with E-state index in [2.05, 4.69) is 27.5 Å². The predicted molar refractivity (Wildman–Crippen MR) is 102 cm³/mol. The van der Waals surface area contributed by atoms with Crippen molar-refractivity contribution in [2.45, 2.75) is 32.6 Å². The third-order valence-electron chi connectivity index (χ3n) is 4.04. The van der Waals surface area contributed by atoms with Crippen molar-refractivity contribution in [1.82, 2.24) is 15.6 Å². The Kier molecular flexibility index (Phi) is 8.25. The average Bonchev–Trinajstić information content (AvgIpc) is 3.01. The molecular weight excluding hydrogens is 319 g/mol. The molecule has 0 saturated heterocycles. The van der Waals surface area contributed by atoms with Crippen LogP contribution in [0.2, 0.25) is 0 Å². The smallest absolute Gasteiger partial charge is 0.190 e. The van der Waals surface area contributed by atoms with Gasteiger partial charge in [0.05, 0.1) is 0 Å². The van der Waals surface area contributed by atoms with E-state index in [0.29, 0.717) is 0 Å². The zero-order valence-corrected chi connectivity index (χ0v) is 15.2. The molecule has 0 amide bonds. The van der Waals surface area contributed by atoms with Gasteiger partial charge in [-0.05, 0) is 43.0 Å². The Morgan fingerprint density at radius 3 is 2.80 bits per heavy atom. The first kappa shape index (κ1) is 19.2. The summed E-state index contributed by atoms with van der Waals surface area (Å²) in [5, 5.41) is 7.66. The van der Waals surface area contributed by atoms with Crippen LogP contribution in [0.4, 0.5) is 4.39 Å². The number of guanidine groups is 1. The third kappa shape index (κ3) is 6.38. The van der Waals surface area contributed by atoms with Crippen LogP contribution in [0.5, 0.6) is 0 Å². The van der Waals surface area contributed by atoms with E-state index in [1.54, 1.807) is 7.05 Å².